The van der Waals surface area contributed by atoms with E-state index in [0.717, 1.165) is 43.2 Å². The summed E-state index contributed by atoms with van der Waals surface area (Å²) in [6, 6.07) is 13.2. The molecular weight excluding hydrogens is 494 g/mol. The third kappa shape index (κ3) is 8.13. The van der Waals surface area contributed by atoms with E-state index >= 15 is 0 Å². The topological polar surface area (TPSA) is 178 Å². The number of benzene rings is 2. The molecule has 0 aromatic heterocycles. The number of nitrogens with zero attached hydrogens (tertiary/aromatic N) is 1. The molecule has 208 valence electrons. The van der Waals surface area contributed by atoms with Gasteiger partial charge in [0.1, 0.15) is 23.6 Å². The van der Waals surface area contributed by atoms with Crippen LogP contribution >= 0.6 is 0 Å². The highest BCUT2D eigenvalue weighted by Gasteiger charge is 2.35. The van der Waals surface area contributed by atoms with Crippen LogP contribution in [0.15, 0.2) is 48.5 Å². The molecule has 0 spiro atoms. The summed E-state index contributed by atoms with van der Waals surface area (Å²) in [4.78, 5) is 41.5. The minimum atomic E-state index is -1.02. The molecule has 1 aliphatic carbocycles. The van der Waals surface area contributed by atoms with E-state index in [2.05, 4.69) is 10.6 Å². The zero-order chi connectivity index (χ0) is 28.5. The van der Waals surface area contributed by atoms with Crippen LogP contribution in [-0.2, 0) is 27.3 Å². The summed E-state index contributed by atoms with van der Waals surface area (Å²) in [5, 5.41) is 21.1. The largest absolute Gasteiger partial charge is 0.384 e. The third-order valence-electron chi connectivity index (χ3n) is 7.17. The van der Waals surface area contributed by atoms with Gasteiger partial charge in [0.25, 0.3) is 0 Å². The molecule has 0 radical (unpaired) electrons. The van der Waals surface area contributed by atoms with Crippen molar-refractivity contribution in [1.29, 1.82) is 10.8 Å². The summed E-state index contributed by atoms with van der Waals surface area (Å²) in [7, 11) is 3.20. The minimum Gasteiger partial charge on any atom is -0.384 e. The fourth-order valence-electron chi connectivity index (χ4n) is 4.93. The van der Waals surface area contributed by atoms with E-state index in [-0.39, 0.29) is 42.4 Å². The van der Waals surface area contributed by atoms with Crippen molar-refractivity contribution in [2.24, 2.45) is 23.3 Å². The van der Waals surface area contributed by atoms with E-state index in [1.165, 1.54) is 4.90 Å². The van der Waals surface area contributed by atoms with Gasteiger partial charge in [-0.1, -0.05) is 61.7 Å². The number of nitrogens with two attached hydrogens (primary N) is 2. The van der Waals surface area contributed by atoms with Gasteiger partial charge in [-0.25, -0.2) is 0 Å². The quantitative estimate of drug-likeness (QED) is 0.146. The van der Waals surface area contributed by atoms with Crippen LogP contribution in [0.2, 0.25) is 0 Å². The number of amides is 3. The number of hydrogen-bond donors (Lipinski definition) is 6. The molecule has 2 unspecified atom stereocenters. The van der Waals surface area contributed by atoms with Crippen molar-refractivity contribution in [2.75, 3.05) is 14.1 Å². The minimum absolute atomic E-state index is 0.0313. The molecule has 0 bridgehead atoms. The highest BCUT2D eigenvalue weighted by atomic mass is 16.2. The zero-order valence-electron chi connectivity index (χ0n) is 22.6. The Hall–Kier alpha value is -4.21. The summed E-state index contributed by atoms with van der Waals surface area (Å²) >= 11 is 0. The fraction of sp³-hybridized carbons (Fsp3) is 0.414. The normalized spacial score (nSPS) is 15.0. The van der Waals surface area contributed by atoms with Gasteiger partial charge < -0.3 is 27.0 Å². The first-order chi connectivity index (χ1) is 18.6. The van der Waals surface area contributed by atoms with Gasteiger partial charge in [0, 0.05) is 31.8 Å². The smallest absolute Gasteiger partial charge is 0.243 e. The summed E-state index contributed by atoms with van der Waals surface area (Å²) in [6.07, 6.45) is 4.83. The molecule has 10 heteroatoms. The lowest BCUT2D eigenvalue weighted by Crippen LogP contribution is -2.54. The first kappa shape index (κ1) is 29.3. The first-order valence-corrected chi connectivity index (χ1v) is 13.2. The Labute approximate surface area is 229 Å². The Bertz CT molecular complexity index is 1200. The van der Waals surface area contributed by atoms with Crippen molar-refractivity contribution >= 4 is 29.4 Å². The Morgan fingerprint density at radius 2 is 1.54 bits per heavy atom. The fourth-order valence-corrected chi connectivity index (χ4v) is 4.93. The molecule has 3 amide bonds. The second-order valence-electron chi connectivity index (χ2n) is 10.3. The molecule has 1 saturated carbocycles. The predicted molar refractivity (Wildman–Crippen MR) is 151 cm³/mol. The number of amidine groups is 2. The second kappa shape index (κ2) is 13.5. The Morgan fingerprint density at radius 1 is 0.897 bits per heavy atom. The van der Waals surface area contributed by atoms with Crippen molar-refractivity contribution in [3.63, 3.8) is 0 Å². The maximum Gasteiger partial charge on any atom is 0.243 e. The van der Waals surface area contributed by atoms with Gasteiger partial charge in [-0.3, -0.25) is 25.2 Å². The lowest BCUT2D eigenvalue weighted by atomic mass is 9.83. The van der Waals surface area contributed by atoms with Gasteiger partial charge in [0.2, 0.25) is 17.7 Å². The Balaban J connectivity index is 1.78. The Kier molecular flexibility index (Phi) is 10.2. The average Bonchev–Trinajstić information content (AvgIpc) is 2.93. The zero-order valence-corrected chi connectivity index (χ0v) is 22.6. The van der Waals surface area contributed by atoms with Crippen LogP contribution in [0.5, 0.6) is 0 Å². The van der Waals surface area contributed by atoms with Crippen molar-refractivity contribution < 1.29 is 14.4 Å². The highest BCUT2D eigenvalue weighted by Crippen LogP contribution is 2.27. The van der Waals surface area contributed by atoms with Crippen molar-refractivity contribution in [2.45, 2.75) is 51.1 Å². The van der Waals surface area contributed by atoms with E-state index in [1.807, 2.05) is 6.07 Å². The summed E-state index contributed by atoms with van der Waals surface area (Å²) in [5.74, 6) is -2.31. The van der Waals surface area contributed by atoms with Crippen LogP contribution in [0.1, 0.15) is 54.4 Å². The van der Waals surface area contributed by atoms with Crippen LogP contribution in [0.4, 0.5) is 0 Å². The maximum absolute atomic E-state index is 13.6. The van der Waals surface area contributed by atoms with Crippen LogP contribution in [-0.4, -0.2) is 54.4 Å². The van der Waals surface area contributed by atoms with E-state index in [1.54, 1.807) is 56.6 Å². The number of rotatable bonds is 11. The molecular formula is C29H39N7O3. The van der Waals surface area contributed by atoms with Gasteiger partial charge in [0.15, 0.2) is 0 Å². The monoisotopic (exact) mass is 533 g/mol. The number of carbonyl (C=O) groups is 3. The summed E-state index contributed by atoms with van der Waals surface area (Å²) < 4.78 is 0. The molecule has 2 aromatic rings. The predicted octanol–water partition coefficient (Wildman–Crippen LogP) is 1.88. The molecule has 0 heterocycles. The molecule has 0 saturated heterocycles. The summed E-state index contributed by atoms with van der Waals surface area (Å²) in [6.45, 7) is 0.224. The molecule has 10 nitrogen and oxygen atoms in total. The SMILES string of the molecule is CN(C)C(=O)C(Cc1ccc(C(=N)N)cc1)C(=O)NC(C(=O)NCc1cccc(C(=N)N)c1)C1CCCCC1. The maximum atomic E-state index is 13.6. The number of hydrogen-bond acceptors (Lipinski definition) is 5. The lowest BCUT2D eigenvalue weighted by molar-refractivity contribution is -0.142. The summed E-state index contributed by atoms with van der Waals surface area (Å²) in [5.41, 5.74) is 13.8. The van der Waals surface area contributed by atoms with Crippen LogP contribution in [0.25, 0.3) is 0 Å². The molecule has 0 aliphatic heterocycles. The Morgan fingerprint density at radius 3 is 2.13 bits per heavy atom. The third-order valence-corrected chi connectivity index (χ3v) is 7.17. The van der Waals surface area contributed by atoms with Crippen LogP contribution in [0.3, 0.4) is 0 Å². The number of carbonyl (C=O) groups excluding carboxylic acids is 3. The molecule has 3 rings (SSSR count). The standard InChI is InChI=1S/C29H39N7O3/c1-36(2)29(39)23(16-18-11-13-21(14-12-18)25(30)31)27(37)35-24(20-8-4-3-5-9-20)28(38)34-17-19-7-6-10-22(15-19)26(32)33/h6-7,10-15,20,23-24H,3-5,8-9,16-17H2,1-2H3,(H3,30,31)(H3,32,33)(H,34,38)(H,35,37). The number of nitrogen functional groups attached to an aromatic ring is 2. The van der Waals surface area contributed by atoms with Gasteiger partial charge in [-0.05, 0) is 42.4 Å². The number of nitrogens with one attached hydrogen (secondary N) is 4. The van der Waals surface area contributed by atoms with E-state index in [0.29, 0.717) is 11.1 Å². The molecule has 39 heavy (non-hydrogen) atoms. The van der Waals surface area contributed by atoms with Crippen molar-refractivity contribution in [3.05, 3.63) is 70.8 Å². The highest BCUT2D eigenvalue weighted by molar-refractivity contribution is 6.02. The first-order valence-electron chi connectivity index (χ1n) is 13.2. The molecule has 2 atom stereocenters. The van der Waals surface area contributed by atoms with E-state index in [4.69, 9.17) is 22.3 Å². The van der Waals surface area contributed by atoms with Crippen molar-refractivity contribution in [3.8, 4) is 0 Å². The molecule has 1 fully saturated rings. The second-order valence-corrected chi connectivity index (χ2v) is 10.3. The molecule has 2 aromatic carbocycles. The van der Waals surface area contributed by atoms with Crippen molar-refractivity contribution in [1.82, 2.24) is 15.5 Å². The molecule has 1 aliphatic rings. The van der Waals surface area contributed by atoms with Crippen LogP contribution in [0, 0.1) is 22.7 Å². The van der Waals surface area contributed by atoms with E-state index in [9.17, 15) is 14.4 Å². The molecule has 8 N–H and O–H groups in total. The van der Waals surface area contributed by atoms with Gasteiger partial charge in [0.05, 0.1) is 0 Å². The van der Waals surface area contributed by atoms with Gasteiger partial charge in [-0.15, -0.1) is 0 Å². The van der Waals surface area contributed by atoms with E-state index < -0.39 is 17.9 Å². The van der Waals surface area contributed by atoms with Gasteiger partial charge in [-0.2, -0.15) is 0 Å². The lowest BCUT2D eigenvalue weighted by Gasteiger charge is -2.31. The van der Waals surface area contributed by atoms with Gasteiger partial charge >= 0.3 is 0 Å². The average molecular weight is 534 g/mol. The van der Waals surface area contributed by atoms with Crippen LogP contribution < -0.4 is 22.1 Å².